The number of benzene rings is 1. The van der Waals surface area contributed by atoms with Crippen molar-refractivity contribution in [2.75, 3.05) is 6.61 Å². The summed E-state index contributed by atoms with van der Waals surface area (Å²) in [6.45, 7) is 6.66. The molecule has 3 rings (SSSR count). The third kappa shape index (κ3) is 4.10. The molecule has 1 atom stereocenters. The number of nitrogens with zero attached hydrogens (tertiary/aromatic N) is 3. The van der Waals surface area contributed by atoms with E-state index >= 15 is 0 Å². The van der Waals surface area contributed by atoms with Crippen LogP contribution >= 0.6 is 0 Å². The van der Waals surface area contributed by atoms with Crippen LogP contribution in [0.15, 0.2) is 42.7 Å². The number of hydrogen-bond donors (Lipinski definition) is 1. The molecule has 1 aliphatic carbocycles. The van der Waals surface area contributed by atoms with Crippen LogP contribution in [0.3, 0.4) is 0 Å². The van der Waals surface area contributed by atoms with E-state index in [0.717, 1.165) is 18.4 Å². The molecule has 1 aliphatic rings. The fourth-order valence-corrected chi connectivity index (χ4v) is 3.07. The molecule has 1 N–H and O–H groups in total. The minimum absolute atomic E-state index is 0.00333. The first kappa shape index (κ1) is 17.7. The van der Waals surface area contributed by atoms with Crippen molar-refractivity contribution in [2.45, 2.75) is 51.7 Å². The molecular weight excluding hydrogens is 314 g/mol. The number of carbonyl (C=O) groups excluding carboxylic acids is 1. The lowest BCUT2D eigenvalue weighted by Crippen LogP contribution is -2.43. The largest absolute Gasteiger partial charge is 0.394 e. The third-order valence-electron chi connectivity index (χ3n) is 4.73. The summed E-state index contributed by atoms with van der Waals surface area (Å²) in [6, 6.07) is 9.81. The van der Waals surface area contributed by atoms with Gasteiger partial charge >= 0.3 is 0 Å². The molecule has 5 nitrogen and oxygen atoms in total. The van der Waals surface area contributed by atoms with E-state index in [0.29, 0.717) is 18.0 Å². The molecule has 0 saturated heterocycles. The van der Waals surface area contributed by atoms with E-state index in [1.165, 1.54) is 0 Å². The molecule has 0 bridgehead atoms. The summed E-state index contributed by atoms with van der Waals surface area (Å²) >= 11 is 0. The summed E-state index contributed by atoms with van der Waals surface area (Å²) in [7, 11) is 0. The van der Waals surface area contributed by atoms with Gasteiger partial charge in [0.25, 0.3) is 5.91 Å². The average Bonchev–Trinajstić information content (AvgIpc) is 3.28. The van der Waals surface area contributed by atoms with Crippen LogP contribution in [0.4, 0.5) is 0 Å². The van der Waals surface area contributed by atoms with Gasteiger partial charge in [0.2, 0.25) is 0 Å². The van der Waals surface area contributed by atoms with Gasteiger partial charge in [-0.05, 0) is 45.1 Å². The van der Waals surface area contributed by atoms with E-state index in [1.54, 1.807) is 6.20 Å². The van der Waals surface area contributed by atoms with Crippen molar-refractivity contribution < 1.29 is 9.90 Å². The van der Waals surface area contributed by atoms with Crippen molar-refractivity contribution in [2.24, 2.45) is 5.92 Å². The molecule has 1 aromatic carbocycles. The molecule has 0 radical (unpaired) electrons. The number of aliphatic hydroxyl groups is 1. The Bertz CT molecular complexity index is 714. The monoisotopic (exact) mass is 341 g/mol. The molecule has 1 amide bonds. The van der Waals surface area contributed by atoms with Crippen LogP contribution in [0.2, 0.25) is 0 Å². The van der Waals surface area contributed by atoms with Crippen LogP contribution in [0.1, 0.15) is 49.5 Å². The molecule has 1 heterocycles. The van der Waals surface area contributed by atoms with Crippen LogP contribution in [0, 0.1) is 5.92 Å². The predicted molar refractivity (Wildman–Crippen MR) is 97.1 cm³/mol. The molecule has 1 aromatic heterocycles. The van der Waals surface area contributed by atoms with E-state index in [1.807, 2.05) is 46.1 Å². The summed E-state index contributed by atoms with van der Waals surface area (Å²) in [5.74, 6) is 0.334. The lowest BCUT2D eigenvalue weighted by Gasteiger charge is -2.30. The smallest absolute Gasteiger partial charge is 0.257 e. The van der Waals surface area contributed by atoms with Gasteiger partial charge in [0.05, 0.1) is 29.9 Å². The Kier molecular flexibility index (Phi) is 4.95. The lowest BCUT2D eigenvalue weighted by atomic mass is 10.1. The van der Waals surface area contributed by atoms with Crippen molar-refractivity contribution in [3.63, 3.8) is 0 Å². The quantitative estimate of drug-likeness (QED) is 0.878. The SMILES string of the molecule is CC(C)(C)n1cc(C(=O)N(Cc2ccccc2)C(CO)C2CC2)cn1. The van der Waals surface area contributed by atoms with Crippen LogP contribution in [0.5, 0.6) is 0 Å². The molecule has 1 unspecified atom stereocenters. The molecule has 1 saturated carbocycles. The number of aliphatic hydroxyl groups excluding tert-OH is 1. The van der Waals surface area contributed by atoms with Gasteiger partial charge in [-0.1, -0.05) is 30.3 Å². The van der Waals surface area contributed by atoms with Gasteiger partial charge in [0, 0.05) is 12.7 Å². The highest BCUT2D eigenvalue weighted by molar-refractivity contribution is 5.94. The van der Waals surface area contributed by atoms with Gasteiger partial charge in [-0.3, -0.25) is 9.48 Å². The molecule has 0 spiro atoms. The molecule has 2 aromatic rings. The molecule has 0 aliphatic heterocycles. The van der Waals surface area contributed by atoms with Crippen molar-refractivity contribution >= 4 is 5.91 Å². The van der Waals surface area contributed by atoms with Crippen LogP contribution in [-0.4, -0.2) is 38.3 Å². The molecule has 5 heteroatoms. The number of aromatic nitrogens is 2. The standard InChI is InChI=1S/C20H27N3O2/c1-20(2,3)23-13-17(11-21-23)19(25)22(18(14-24)16-9-10-16)12-15-7-5-4-6-8-15/h4-8,11,13,16,18,24H,9-10,12,14H2,1-3H3. The Balaban J connectivity index is 1.87. The maximum atomic E-state index is 13.2. The Morgan fingerprint density at radius 3 is 2.52 bits per heavy atom. The second-order valence-corrected chi connectivity index (χ2v) is 7.85. The first-order chi connectivity index (χ1) is 11.9. The lowest BCUT2D eigenvalue weighted by molar-refractivity contribution is 0.0531. The van der Waals surface area contributed by atoms with Gasteiger partial charge in [-0.25, -0.2) is 0 Å². The minimum Gasteiger partial charge on any atom is -0.394 e. The fourth-order valence-electron chi connectivity index (χ4n) is 3.07. The van der Waals surface area contributed by atoms with Crippen LogP contribution in [-0.2, 0) is 12.1 Å². The molecule has 25 heavy (non-hydrogen) atoms. The average molecular weight is 341 g/mol. The predicted octanol–water partition coefficient (Wildman–Crippen LogP) is 3.05. The zero-order valence-corrected chi connectivity index (χ0v) is 15.2. The maximum absolute atomic E-state index is 13.2. The molecule has 1 fully saturated rings. The van der Waals surface area contributed by atoms with Gasteiger partial charge < -0.3 is 10.0 Å². The number of carbonyl (C=O) groups is 1. The normalized spacial score (nSPS) is 15.8. The number of hydrogen-bond acceptors (Lipinski definition) is 3. The van der Waals surface area contributed by atoms with Gasteiger partial charge in [-0.2, -0.15) is 5.10 Å². The van der Waals surface area contributed by atoms with Crippen molar-refractivity contribution in [3.05, 3.63) is 53.9 Å². The van der Waals surface area contributed by atoms with Crippen molar-refractivity contribution in [3.8, 4) is 0 Å². The zero-order valence-electron chi connectivity index (χ0n) is 15.2. The first-order valence-electron chi connectivity index (χ1n) is 8.91. The van der Waals surface area contributed by atoms with E-state index in [2.05, 4.69) is 25.9 Å². The summed E-state index contributed by atoms with van der Waals surface area (Å²) in [5.41, 5.74) is 1.47. The minimum atomic E-state index is -0.171. The van der Waals surface area contributed by atoms with Crippen LogP contribution in [0.25, 0.3) is 0 Å². The van der Waals surface area contributed by atoms with Gasteiger partial charge in [0.15, 0.2) is 0 Å². The first-order valence-corrected chi connectivity index (χ1v) is 8.91. The third-order valence-corrected chi connectivity index (χ3v) is 4.73. The van der Waals surface area contributed by atoms with Crippen molar-refractivity contribution in [1.82, 2.24) is 14.7 Å². The van der Waals surface area contributed by atoms with E-state index in [-0.39, 0.29) is 24.1 Å². The van der Waals surface area contributed by atoms with Gasteiger partial charge in [0.1, 0.15) is 0 Å². The summed E-state index contributed by atoms with van der Waals surface area (Å²) in [6.07, 6.45) is 5.59. The topological polar surface area (TPSA) is 58.4 Å². The Morgan fingerprint density at radius 1 is 1.32 bits per heavy atom. The number of amides is 1. The molecule has 134 valence electrons. The summed E-state index contributed by atoms with van der Waals surface area (Å²) < 4.78 is 1.81. The molecular formula is C20H27N3O2. The highest BCUT2D eigenvalue weighted by Crippen LogP contribution is 2.36. The zero-order chi connectivity index (χ0) is 18.0. The Labute approximate surface area is 149 Å². The second-order valence-electron chi connectivity index (χ2n) is 7.85. The Hall–Kier alpha value is -2.14. The van der Waals surface area contributed by atoms with E-state index in [4.69, 9.17) is 0 Å². The fraction of sp³-hybridized carbons (Fsp3) is 0.500. The summed E-state index contributed by atoms with van der Waals surface area (Å²) in [5, 5.41) is 14.3. The number of rotatable bonds is 6. The van der Waals surface area contributed by atoms with Crippen molar-refractivity contribution in [1.29, 1.82) is 0 Å². The van der Waals surface area contributed by atoms with Crippen LogP contribution < -0.4 is 0 Å². The van der Waals surface area contributed by atoms with Gasteiger partial charge in [-0.15, -0.1) is 0 Å². The van der Waals surface area contributed by atoms with E-state index in [9.17, 15) is 9.90 Å². The second kappa shape index (κ2) is 7.00. The van der Waals surface area contributed by atoms with E-state index < -0.39 is 0 Å². The highest BCUT2D eigenvalue weighted by atomic mass is 16.3. The maximum Gasteiger partial charge on any atom is 0.257 e. The summed E-state index contributed by atoms with van der Waals surface area (Å²) in [4.78, 5) is 15.0. The highest BCUT2D eigenvalue weighted by Gasteiger charge is 2.37. The Morgan fingerprint density at radius 2 is 2.00 bits per heavy atom.